The number of ether oxygens (including phenoxy) is 2. The molecule has 0 radical (unpaired) electrons. The Kier molecular flexibility index (Phi) is 4.66. The molecule has 0 saturated carbocycles. The predicted octanol–water partition coefficient (Wildman–Crippen LogP) is 2.96. The maximum atomic E-state index is 13.0. The highest BCUT2D eigenvalue weighted by Gasteiger charge is 2.27. The average molecular weight is 366 g/mol. The number of rotatable bonds is 4. The van der Waals surface area contributed by atoms with Crippen molar-refractivity contribution in [3.05, 3.63) is 48.0 Å². The van der Waals surface area contributed by atoms with E-state index in [4.69, 9.17) is 9.47 Å². The molecule has 1 aromatic carbocycles. The van der Waals surface area contributed by atoms with Crippen LogP contribution in [-0.2, 0) is 0 Å². The van der Waals surface area contributed by atoms with Crippen LogP contribution in [0.15, 0.2) is 36.5 Å². The van der Waals surface area contributed by atoms with Gasteiger partial charge in [0.1, 0.15) is 23.4 Å². The van der Waals surface area contributed by atoms with Gasteiger partial charge < -0.3 is 19.4 Å². The molecule has 3 aromatic rings. The second kappa shape index (κ2) is 7.26. The number of carbonyl (C=O) groups excluding carboxylic acids is 1. The number of aryl methyl sites for hydroxylation is 1. The maximum absolute atomic E-state index is 13.0. The second-order valence-electron chi connectivity index (χ2n) is 6.71. The summed E-state index contributed by atoms with van der Waals surface area (Å²) in [5, 5.41) is 0.987. The Morgan fingerprint density at radius 2 is 2.19 bits per heavy atom. The van der Waals surface area contributed by atoms with Crippen molar-refractivity contribution >= 4 is 16.8 Å². The van der Waals surface area contributed by atoms with Crippen LogP contribution in [-0.4, -0.2) is 52.1 Å². The molecule has 4 rings (SSSR count). The normalized spacial score (nSPS) is 17.1. The smallest absolute Gasteiger partial charge is 0.270 e. The van der Waals surface area contributed by atoms with Crippen molar-refractivity contribution in [1.29, 1.82) is 0 Å². The number of amides is 1. The summed E-state index contributed by atoms with van der Waals surface area (Å²) in [6.45, 7) is 3.09. The molecule has 0 bridgehead atoms. The number of carbonyl (C=O) groups is 1. The number of H-pyrrole nitrogens is 1. The van der Waals surface area contributed by atoms with E-state index in [1.54, 1.807) is 19.4 Å². The lowest BCUT2D eigenvalue weighted by atomic mass is 10.1. The van der Waals surface area contributed by atoms with E-state index in [1.807, 2.05) is 36.1 Å². The maximum Gasteiger partial charge on any atom is 0.270 e. The zero-order valence-corrected chi connectivity index (χ0v) is 15.4. The lowest BCUT2D eigenvalue weighted by Crippen LogP contribution is -2.44. The van der Waals surface area contributed by atoms with Crippen molar-refractivity contribution in [2.24, 2.45) is 0 Å². The number of aromatic amines is 1. The van der Waals surface area contributed by atoms with E-state index < -0.39 is 0 Å². The number of nitrogens with one attached hydrogen (secondary N) is 1. The molecule has 7 nitrogen and oxygen atoms in total. The summed E-state index contributed by atoms with van der Waals surface area (Å²) < 4.78 is 11.2. The molecule has 1 amide bonds. The van der Waals surface area contributed by atoms with Crippen molar-refractivity contribution in [3.8, 4) is 11.6 Å². The van der Waals surface area contributed by atoms with E-state index in [-0.39, 0.29) is 12.0 Å². The quantitative estimate of drug-likeness (QED) is 0.768. The van der Waals surface area contributed by atoms with Gasteiger partial charge in [-0.05, 0) is 38.0 Å². The van der Waals surface area contributed by atoms with Crippen LogP contribution < -0.4 is 9.47 Å². The predicted molar refractivity (Wildman–Crippen MR) is 101 cm³/mol. The topological polar surface area (TPSA) is 80.3 Å². The number of piperidine rings is 1. The minimum atomic E-state index is -0.0681. The van der Waals surface area contributed by atoms with Crippen molar-refractivity contribution in [2.75, 3.05) is 20.2 Å². The fraction of sp³-hybridized carbons (Fsp3) is 0.350. The molecule has 7 heteroatoms. The first-order chi connectivity index (χ1) is 13.1. The summed E-state index contributed by atoms with van der Waals surface area (Å²) in [5.74, 6) is 1.97. The second-order valence-corrected chi connectivity index (χ2v) is 6.71. The third-order valence-corrected chi connectivity index (χ3v) is 4.76. The molecule has 140 valence electrons. The van der Waals surface area contributed by atoms with Crippen LogP contribution in [0.5, 0.6) is 11.6 Å². The monoisotopic (exact) mass is 366 g/mol. The number of aromatic nitrogens is 3. The third kappa shape index (κ3) is 3.72. The fourth-order valence-corrected chi connectivity index (χ4v) is 3.41. The number of likely N-dealkylation sites (tertiary alicyclic amines) is 1. The summed E-state index contributed by atoms with van der Waals surface area (Å²) in [6, 6.07) is 9.36. The lowest BCUT2D eigenvalue weighted by Gasteiger charge is -2.32. The SMILES string of the molecule is COc1ccc2cc(C(=O)N3CCCC(Oc4ccnc(C)n4)C3)[nH]c2c1. The van der Waals surface area contributed by atoms with Crippen LogP contribution in [0.2, 0.25) is 0 Å². The van der Waals surface area contributed by atoms with Crippen LogP contribution in [0, 0.1) is 6.92 Å². The molecule has 1 N–H and O–H groups in total. The van der Waals surface area contributed by atoms with E-state index in [0.29, 0.717) is 23.9 Å². The minimum absolute atomic E-state index is 0.0164. The highest BCUT2D eigenvalue weighted by atomic mass is 16.5. The molecule has 1 atom stereocenters. The minimum Gasteiger partial charge on any atom is -0.497 e. The van der Waals surface area contributed by atoms with Crippen LogP contribution >= 0.6 is 0 Å². The zero-order chi connectivity index (χ0) is 18.8. The van der Waals surface area contributed by atoms with Gasteiger partial charge in [-0.2, -0.15) is 4.98 Å². The Bertz CT molecular complexity index is 969. The molecule has 1 unspecified atom stereocenters. The Morgan fingerprint density at radius 3 is 3.00 bits per heavy atom. The van der Waals surface area contributed by atoms with E-state index in [0.717, 1.165) is 36.0 Å². The van der Waals surface area contributed by atoms with Gasteiger partial charge in [-0.3, -0.25) is 4.79 Å². The number of fused-ring (bicyclic) bond motifs is 1. The number of nitrogens with zero attached hydrogens (tertiary/aromatic N) is 3. The van der Waals surface area contributed by atoms with Gasteiger partial charge in [0.2, 0.25) is 5.88 Å². The van der Waals surface area contributed by atoms with Gasteiger partial charge in [-0.1, -0.05) is 0 Å². The molecule has 3 heterocycles. The lowest BCUT2D eigenvalue weighted by molar-refractivity contribution is 0.0522. The van der Waals surface area contributed by atoms with E-state index in [1.165, 1.54) is 0 Å². The first-order valence-electron chi connectivity index (χ1n) is 9.05. The van der Waals surface area contributed by atoms with Gasteiger partial charge in [-0.15, -0.1) is 0 Å². The van der Waals surface area contributed by atoms with E-state index in [9.17, 15) is 4.79 Å². The first-order valence-corrected chi connectivity index (χ1v) is 9.05. The highest BCUT2D eigenvalue weighted by Crippen LogP contribution is 2.23. The molecular weight excluding hydrogens is 344 g/mol. The molecule has 1 saturated heterocycles. The summed E-state index contributed by atoms with van der Waals surface area (Å²) in [7, 11) is 1.63. The number of methoxy groups -OCH3 is 1. The Hall–Kier alpha value is -3.09. The summed E-state index contributed by atoms with van der Waals surface area (Å²) >= 11 is 0. The Morgan fingerprint density at radius 1 is 1.30 bits per heavy atom. The first kappa shape index (κ1) is 17.3. The van der Waals surface area contributed by atoms with Crippen LogP contribution in [0.1, 0.15) is 29.2 Å². The van der Waals surface area contributed by atoms with Gasteiger partial charge in [0.15, 0.2) is 0 Å². The third-order valence-electron chi connectivity index (χ3n) is 4.76. The van der Waals surface area contributed by atoms with E-state index in [2.05, 4.69) is 15.0 Å². The van der Waals surface area contributed by atoms with E-state index >= 15 is 0 Å². The molecule has 1 aliphatic rings. The van der Waals surface area contributed by atoms with Crippen molar-refractivity contribution in [2.45, 2.75) is 25.9 Å². The Balaban J connectivity index is 1.48. The van der Waals surface area contributed by atoms with Gasteiger partial charge in [0, 0.05) is 35.8 Å². The molecule has 0 spiro atoms. The number of hydrogen-bond donors (Lipinski definition) is 1. The van der Waals surface area contributed by atoms with Crippen molar-refractivity contribution in [1.82, 2.24) is 19.9 Å². The molecule has 27 heavy (non-hydrogen) atoms. The number of hydrogen-bond acceptors (Lipinski definition) is 5. The molecule has 1 aliphatic heterocycles. The van der Waals surface area contributed by atoms with Crippen molar-refractivity contribution < 1.29 is 14.3 Å². The molecule has 0 aliphatic carbocycles. The van der Waals surface area contributed by atoms with Crippen LogP contribution in [0.25, 0.3) is 10.9 Å². The molecule has 2 aromatic heterocycles. The summed E-state index contributed by atoms with van der Waals surface area (Å²) in [6.07, 6.45) is 3.41. The van der Waals surface area contributed by atoms with Gasteiger partial charge in [0.05, 0.1) is 13.7 Å². The highest BCUT2D eigenvalue weighted by molar-refractivity contribution is 5.98. The molecular formula is C20H22N4O3. The fourth-order valence-electron chi connectivity index (χ4n) is 3.41. The number of benzene rings is 1. The zero-order valence-electron chi connectivity index (χ0n) is 15.4. The van der Waals surface area contributed by atoms with Gasteiger partial charge in [0.25, 0.3) is 5.91 Å². The van der Waals surface area contributed by atoms with Gasteiger partial charge >= 0.3 is 0 Å². The summed E-state index contributed by atoms with van der Waals surface area (Å²) in [5.41, 5.74) is 1.47. The summed E-state index contributed by atoms with van der Waals surface area (Å²) in [4.78, 5) is 26.4. The standard InChI is InChI=1S/C20H22N4O3/c1-13-21-8-7-19(22-13)27-16-4-3-9-24(12-16)20(25)18-10-14-5-6-15(26-2)11-17(14)23-18/h5-8,10-11,16,23H,3-4,9,12H2,1-2H3. The van der Waals surface area contributed by atoms with Gasteiger partial charge in [-0.25, -0.2) is 4.98 Å². The average Bonchev–Trinajstić information content (AvgIpc) is 3.10. The van der Waals surface area contributed by atoms with Crippen molar-refractivity contribution in [3.63, 3.8) is 0 Å². The Labute approximate surface area is 157 Å². The van der Waals surface area contributed by atoms with Crippen LogP contribution in [0.3, 0.4) is 0 Å². The van der Waals surface area contributed by atoms with Crippen LogP contribution in [0.4, 0.5) is 0 Å². The largest absolute Gasteiger partial charge is 0.497 e. The molecule has 1 fully saturated rings.